The maximum atomic E-state index is 11.6. The Morgan fingerprint density at radius 3 is 2.86 bits per heavy atom. The summed E-state index contributed by atoms with van der Waals surface area (Å²) in [5.41, 5.74) is 1.00. The van der Waals surface area contributed by atoms with Crippen molar-refractivity contribution in [2.24, 2.45) is 0 Å². The molecule has 0 aliphatic carbocycles. The summed E-state index contributed by atoms with van der Waals surface area (Å²) in [5.74, 6) is 0.300. The number of rotatable bonds is 5. The molecule has 2 amide bonds. The van der Waals surface area contributed by atoms with E-state index in [2.05, 4.69) is 15.6 Å². The second-order valence-electron chi connectivity index (χ2n) is 4.34. The number of hydrogen-bond acceptors (Lipinski definition) is 4. The molecule has 2 N–H and O–H groups in total. The molecule has 2 aromatic rings. The lowest BCUT2D eigenvalue weighted by Crippen LogP contribution is -2.31. The summed E-state index contributed by atoms with van der Waals surface area (Å²) in [6, 6.07) is 6.98. The number of aryl methyl sites for hydroxylation is 1. The highest BCUT2D eigenvalue weighted by Crippen LogP contribution is 2.03. The van der Waals surface area contributed by atoms with Crippen LogP contribution in [0.1, 0.15) is 11.3 Å². The Kier molecular flexibility index (Phi) is 4.87. The predicted molar refractivity (Wildman–Crippen MR) is 78.4 cm³/mol. The van der Waals surface area contributed by atoms with Crippen LogP contribution in [0.5, 0.6) is 0 Å². The second-order valence-corrected chi connectivity index (χ2v) is 4.34. The number of anilines is 1. The van der Waals surface area contributed by atoms with Crippen LogP contribution in [-0.2, 0) is 9.59 Å². The third kappa shape index (κ3) is 4.94. The maximum absolute atomic E-state index is 11.6. The molecule has 2 heterocycles. The number of furan rings is 1. The molecule has 0 unspecified atom stereocenters. The first-order chi connectivity index (χ1) is 10.1. The van der Waals surface area contributed by atoms with E-state index < -0.39 is 0 Å². The van der Waals surface area contributed by atoms with Crippen LogP contribution in [0.3, 0.4) is 0 Å². The van der Waals surface area contributed by atoms with Crippen LogP contribution < -0.4 is 10.6 Å². The van der Waals surface area contributed by atoms with Crippen molar-refractivity contribution >= 4 is 23.7 Å². The van der Waals surface area contributed by atoms with Crippen molar-refractivity contribution in [2.45, 2.75) is 6.92 Å². The Morgan fingerprint density at radius 1 is 1.33 bits per heavy atom. The predicted octanol–water partition coefficient (Wildman–Crippen LogP) is 1.75. The number of carbonyl (C=O) groups is 2. The number of amides is 2. The summed E-state index contributed by atoms with van der Waals surface area (Å²) in [4.78, 5) is 27.2. The molecule has 0 aliphatic heterocycles. The number of aromatic nitrogens is 1. The zero-order valence-corrected chi connectivity index (χ0v) is 11.5. The van der Waals surface area contributed by atoms with Crippen molar-refractivity contribution in [1.82, 2.24) is 10.3 Å². The van der Waals surface area contributed by atoms with E-state index in [-0.39, 0.29) is 18.4 Å². The van der Waals surface area contributed by atoms with Crippen molar-refractivity contribution in [1.29, 1.82) is 0 Å². The van der Waals surface area contributed by atoms with Crippen LogP contribution in [0, 0.1) is 6.92 Å². The molecule has 0 fully saturated rings. The van der Waals surface area contributed by atoms with Gasteiger partial charge >= 0.3 is 0 Å². The molecular formula is C15H15N3O3. The van der Waals surface area contributed by atoms with Gasteiger partial charge in [0.15, 0.2) is 0 Å². The topological polar surface area (TPSA) is 84.2 Å². The Labute approximate surface area is 121 Å². The summed E-state index contributed by atoms with van der Waals surface area (Å²) in [6.45, 7) is 1.78. The molecule has 6 nitrogen and oxygen atoms in total. The van der Waals surface area contributed by atoms with Crippen LogP contribution in [0.25, 0.3) is 6.08 Å². The summed E-state index contributed by atoms with van der Waals surface area (Å²) in [7, 11) is 0. The van der Waals surface area contributed by atoms with Gasteiger partial charge in [0, 0.05) is 12.3 Å². The molecule has 0 spiro atoms. The van der Waals surface area contributed by atoms with E-state index >= 15 is 0 Å². The molecule has 0 saturated heterocycles. The van der Waals surface area contributed by atoms with E-state index in [0.29, 0.717) is 11.6 Å². The van der Waals surface area contributed by atoms with Gasteiger partial charge in [-0.3, -0.25) is 9.59 Å². The summed E-state index contributed by atoms with van der Waals surface area (Å²) in [6.07, 6.45) is 5.99. The van der Waals surface area contributed by atoms with Gasteiger partial charge in [0.05, 0.1) is 12.8 Å². The first kappa shape index (κ1) is 14.5. The largest absolute Gasteiger partial charge is 0.465 e. The average molecular weight is 285 g/mol. The van der Waals surface area contributed by atoms with Crippen molar-refractivity contribution in [3.8, 4) is 0 Å². The lowest BCUT2D eigenvalue weighted by Gasteiger charge is -2.04. The molecule has 21 heavy (non-hydrogen) atoms. The fourth-order valence-electron chi connectivity index (χ4n) is 1.50. The van der Waals surface area contributed by atoms with Crippen molar-refractivity contribution < 1.29 is 14.0 Å². The SMILES string of the molecule is Cc1ccc(NC(=O)CNC(=O)/C=C/c2ccco2)nc1. The standard InChI is InChI=1S/C15H15N3O3/c1-11-4-6-13(16-9-11)18-15(20)10-17-14(19)7-5-12-3-2-8-21-12/h2-9H,10H2,1H3,(H,17,19)(H,16,18,20)/b7-5+. The lowest BCUT2D eigenvalue weighted by molar-refractivity contribution is -0.121. The molecule has 2 rings (SSSR count). The lowest BCUT2D eigenvalue weighted by atomic mass is 10.3. The van der Waals surface area contributed by atoms with Gasteiger partial charge in [-0.1, -0.05) is 6.07 Å². The van der Waals surface area contributed by atoms with Gasteiger partial charge < -0.3 is 15.1 Å². The number of hydrogen-bond donors (Lipinski definition) is 2. The number of carbonyl (C=O) groups excluding carboxylic acids is 2. The van der Waals surface area contributed by atoms with E-state index in [1.807, 2.05) is 13.0 Å². The highest BCUT2D eigenvalue weighted by molar-refractivity contribution is 5.97. The minimum Gasteiger partial charge on any atom is -0.465 e. The Hall–Kier alpha value is -2.89. The van der Waals surface area contributed by atoms with E-state index in [4.69, 9.17) is 4.42 Å². The molecule has 0 radical (unpaired) electrons. The Balaban J connectivity index is 1.75. The van der Waals surface area contributed by atoms with Crippen LogP contribution in [0.15, 0.2) is 47.2 Å². The fourth-order valence-corrected chi connectivity index (χ4v) is 1.50. The number of nitrogens with zero attached hydrogens (tertiary/aromatic N) is 1. The van der Waals surface area contributed by atoms with E-state index in [0.717, 1.165) is 5.56 Å². The Bertz CT molecular complexity index is 631. The third-order valence-corrected chi connectivity index (χ3v) is 2.54. The summed E-state index contributed by atoms with van der Waals surface area (Å²) >= 11 is 0. The fraction of sp³-hybridized carbons (Fsp3) is 0.133. The molecule has 0 aliphatic rings. The third-order valence-electron chi connectivity index (χ3n) is 2.54. The van der Waals surface area contributed by atoms with Crippen LogP contribution >= 0.6 is 0 Å². The Morgan fingerprint density at radius 2 is 2.19 bits per heavy atom. The molecule has 0 bridgehead atoms. The number of pyridine rings is 1. The van der Waals surface area contributed by atoms with Gasteiger partial charge in [0.25, 0.3) is 0 Å². The van der Waals surface area contributed by atoms with Crippen LogP contribution in [0.4, 0.5) is 5.82 Å². The normalized spacial score (nSPS) is 10.5. The zero-order valence-electron chi connectivity index (χ0n) is 11.5. The highest BCUT2D eigenvalue weighted by atomic mass is 16.3. The minimum atomic E-state index is -0.376. The summed E-state index contributed by atoms with van der Waals surface area (Å²) < 4.78 is 5.04. The first-order valence-electron chi connectivity index (χ1n) is 6.35. The van der Waals surface area contributed by atoms with Crippen LogP contribution in [-0.4, -0.2) is 23.3 Å². The minimum absolute atomic E-state index is 0.128. The molecule has 0 saturated carbocycles. The monoisotopic (exact) mass is 285 g/mol. The van der Waals surface area contributed by atoms with Crippen molar-refractivity contribution in [3.63, 3.8) is 0 Å². The van der Waals surface area contributed by atoms with Gasteiger partial charge in [-0.15, -0.1) is 0 Å². The van der Waals surface area contributed by atoms with Gasteiger partial charge in [0.2, 0.25) is 11.8 Å². The van der Waals surface area contributed by atoms with E-state index in [9.17, 15) is 9.59 Å². The second kappa shape index (κ2) is 7.04. The van der Waals surface area contributed by atoms with E-state index in [1.54, 1.807) is 24.4 Å². The van der Waals surface area contributed by atoms with Crippen LogP contribution in [0.2, 0.25) is 0 Å². The van der Waals surface area contributed by atoms with Gasteiger partial charge in [-0.25, -0.2) is 4.98 Å². The van der Waals surface area contributed by atoms with E-state index in [1.165, 1.54) is 18.4 Å². The molecule has 6 heteroatoms. The molecule has 108 valence electrons. The zero-order chi connectivity index (χ0) is 15.1. The summed E-state index contributed by atoms with van der Waals surface area (Å²) in [5, 5.41) is 5.06. The quantitative estimate of drug-likeness (QED) is 0.820. The van der Waals surface area contributed by atoms with Crippen molar-refractivity contribution in [3.05, 3.63) is 54.1 Å². The molecule has 0 atom stereocenters. The van der Waals surface area contributed by atoms with Gasteiger partial charge in [0.1, 0.15) is 11.6 Å². The highest BCUT2D eigenvalue weighted by Gasteiger charge is 2.04. The first-order valence-corrected chi connectivity index (χ1v) is 6.35. The number of nitrogens with one attached hydrogen (secondary N) is 2. The molecule has 2 aromatic heterocycles. The molecular weight excluding hydrogens is 270 g/mol. The smallest absolute Gasteiger partial charge is 0.244 e. The van der Waals surface area contributed by atoms with Gasteiger partial charge in [-0.2, -0.15) is 0 Å². The van der Waals surface area contributed by atoms with Crippen molar-refractivity contribution in [2.75, 3.05) is 11.9 Å². The molecule has 0 aromatic carbocycles. The average Bonchev–Trinajstić information content (AvgIpc) is 2.99. The van der Waals surface area contributed by atoms with Gasteiger partial charge in [-0.05, 0) is 36.8 Å². The maximum Gasteiger partial charge on any atom is 0.244 e.